The highest BCUT2D eigenvalue weighted by atomic mass is 35.5. The second kappa shape index (κ2) is 7.31. The number of amides is 3. The van der Waals surface area contributed by atoms with Crippen molar-refractivity contribution in [2.75, 3.05) is 11.9 Å². The van der Waals surface area contributed by atoms with Gasteiger partial charge in [0.2, 0.25) is 17.6 Å². The van der Waals surface area contributed by atoms with E-state index in [1.807, 2.05) is 0 Å². The first kappa shape index (κ1) is 19.1. The van der Waals surface area contributed by atoms with Gasteiger partial charge in [-0.25, -0.2) is 0 Å². The lowest BCUT2D eigenvalue weighted by atomic mass is 10.1. The van der Waals surface area contributed by atoms with E-state index in [1.54, 1.807) is 31.2 Å². The first-order valence-electron chi connectivity index (χ1n) is 8.40. The number of carbonyl (C=O) groups excluding carboxylic acids is 3. The zero-order chi connectivity index (χ0) is 20.7. The number of benzene rings is 2. The molecule has 0 radical (unpaired) electrons. The molecule has 1 aromatic heterocycles. The van der Waals surface area contributed by atoms with Crippen molar-refractivity contribution in [1.29, 1.82) is 0 Å². The number of nitrogens with zero attached hydrogens (tertiary/aromatic N) is 3. The maximum absolute atomic E-state index is 12.6. The fraction of sp³-hybridized carbons (Fsp3) is 0.105. The lowest BCUT2D eigenvalue weighted by Crippen LogP contribution is -2.37. The summed E-state index contributed by atoms with van der Waals surface area (Å²) in [5, 5.41) is 6.83. The molecule has 29 heavy (non-hydrogen) atoms. The number of halogens is 2. The van der Waals surface area contributed by atoms with Gasteiger partial charge in [-0.05, 0) is 24.3 Å². The minimum Gasteiger partial charge on any atom is -0.339 e. The number of fused-ring (bicyclic) bond motifs is 1. The molecule has 0 unspecified atom stereocenters. The zero-order valence-corrected chi connectivity index (χ0v) is 16.4. The van der Waals surface area contributed by atoms with Gasteiger partial charge >= 0.3 is 0 Å². The molecule has 0 bridgehead atoms. The maximum Gasteiger partial charge on any atom is 0.262 e. The topological polar surface area (TPSA) is 105 Å². The summed E-state index contributed by atoms with van der Waals surface area (Å²) < 4.78 is 4.98. The molecule has 146 valence electrons. The molecule has 4 rings (SSSR count). The molecule has 0 spiro atoms. The smallest absolute Gasteiger partial charge is 0.262 e. The zero-order valence-electron chi connectivity index (χ0n) is 14.9. The van der Waals surface area contributed by atoms with Crippen LogP contribution in [0, 0.1) is 6.92 Å². The second-order valence-electron chi connectivity index (χ2n) is 6.24. The highest BCUT2D eigenvalue weighted by Gasteiger charge is 2.37. The normalized spacial score (nSPS) is 13.0. The van der Waals surface area contributed by atoms with E-state index >= 15 is 0 Å². The molecule has 8 nitrogen and oxygen atoms in total. The molecule has 10 heteroatoms. The summed E-state index contributed by atoms with van der Waals surface area (Å²) in [6.45, 7) is 1.18. The van der Waals surface area contributed by atoms with E-state index in [0.29, 0.717) is 23.0 Å². The van der Waals surface area contributed by atoms with Crippen molar-refractivity contribution in [3.8, 4) is 11.4 Å². The quantitative estimate of drug-likeness (QED) is 0.633. The Hall–Kier alpha value is -3.23. The van der Waals surface area contributed by atoms with E-state index in [2.05, 4.69) is 15.5 Å². The van der Waals surface area contributed by atoms with E-state index in [1.165, 1.54) is 12.1 Å². The summed E-state index contributed by atoms with van der Waals surface area (Å²) in [7, 11) is 0. The van der Waals surface area contributed by atoms with Crippen LogP contribution in [0.2, 0.25) is 10.0 Å². The summed E-state index contributed by atoms with van der Waals surface area (Å²) in [5.41, 5.74) is 1.18. The van der Waals surface area contributed by atoms with Gasteiger partial charge < -0.3 is 9.84 Å². The van der Waals surface area contributed by atoms with Gasteiger partial charge in [0.05, 0.1) is 26.9 Å². The Labute approximate surface area is 174 Å². The molecule has 1 aliphatic heterocycles. The average Bonchev–Trinajstić information content (AvgIpc) is 3.21. The molecule has 2 aromatic carbocycles. The van der Waals surface area contributed by atoms with E-state index in [0.717, 1.165) is 4.90 Å². The number of hydrogen-bond acceptors (Lipinski definition) is 6. The van der Waals surface area contributed by atoms with Crippen molar-refractivity contribution in [2.24, 2.45) is 0 Å². The number of aromatic nitrogens is 2. The average molecular weight is 431 g/mol. The van der Waals surface area contributed by atoms with Gasteiger partial charge in [-0.2, -0.15) is 4.98 Å². The molecule has 1 N–H and O–H groups in total. The molecule has 0 atom stereocenters. The van der Waals surface area contributed by atoms with Crippen molar-refractivity contribution in [3.63, 3.8) is 0 Å². The standard InChI is InChI=1S/C19H12Cl2N4O4/c1-9-22-17(24-29-9)10-4-2-3-5-15(10)23-16(26)8-25-18(27)11-6-13(20)14(21)7-12(11)19(25)28/h2-7H,8H2,1H3,(H,23,26). The van der Waals surface area contributed by atoms with Gasteiger partial charge in [-0.15, -0.1) is 0 Å². The van der Waals surface area contributed by atoms with Gasteiger partial charge in [0.25, 0.3) is 11.8 Å². The number of nitrogens with one attached hydrogen (secondary N) is 1. The van der Waals surface area contributed by atoms with E-state index < -0.39 is 24.3 Å². The van der Waals surface area contributed by atoms with Crippen molar-refractivity contribution in [2.45, 2.75) is 6.92 Å². The third kappa shape index (κ3) is 3.48. The Morgan fingerprint density at radius 2 is 1.69 bits per heavy atom. The molecular formula is C19H12Cl2N4O4. The largest absolute Gasteiger partial charge is 0.339 e. The lowest BCUT2D eigenvalue weighted by Gasteiger charge is -2.14. The summed E-state index contributed by atoms with van der Waals surface area (Å²) in [6.07, 6.45) is 0. The number of imide groups is 1. The Morgan fingerprint density at radius 3 is 2.28 bits per heavy atom. The first-order valence-corrected chi connectivity index (χ1v) is 9.15. The Morgan fingerprint density at radius 1 is 1.07 bits per heavy atom. The Bertz CT molecular complexity index is 1130. The first-order chi connectivity index (χ1) is 13.8. The lowest BCUT2D eigenvalue weighted by molar-refractivity contribution is -0.116. The minimum absolute atomic E-state index is 0.111. The third-order valence-electron chi connectivity index (χ3n) is 4.28. The van der Waals surface area contributed by atoms with Gasteiger partial charge in [0, 0.05) is 12.5 Å². The highest BCUT2D eigenvalue weighted by Crippen LogP contribution is 2.31. The van der Waals surface area contributed by atoms with Crippen LogP contribution in [-0.2, 0) is 4.79 Å². The Kier molecular flexibility index (Phi) is 4.81. The summed E-state index contributed by atoms with van der Waals surface area (Å²) in [5.74, 6) is -1.10. The molecule has 2 heterocycles. The summed E-state index contributed by atoms with van der Waals surface area (Å²) in [4.78, 5) is 42.6. The molecule has 3 amide bonds. The van der Waals surface area contributed by atoms with Crippen LogP contribution in [0.3, 0.4) is 0 Å². The van der Waals surface area contributed by atoms with Crippen LogP contribution < -0.4 is 5.32 Å². The van der Waals surface area contributed by atoms with Crippen LogP contribution in [0.15, 0.2) is 40.9 Å². The maximum atomic E-state index is 12.6. The predicted octanol–water partition coefficient (Wildman–Crippen LogP) is 3.59. The van der Waals surface area contributed by atoms with Crippen LogP contribution >= 0.6 is 23.2 Å². The van der Waals surface area contributed by atoms with E-state index in [4.69, 9.17) is 27.7 Å². The van der Waals surface area contributed by atoms with Crippen molar-refractivity contribution < 1.29 is 18.9 Å². The van der Waals surface area contributed by atoms with E-state index in [9.17, 15) is 14.4 Å². The van der Waals surface area contributed by atoms with Gasteiger partial charge in [-0.1, -0.05) is 40.5 Å². The summed E-state index contributed by atoms with van der Waals surface area (Å²) in [6, 6.07) is 9.50. The molecule has 0 saturated carbocycles. The molecule has 0 fully saturated rings. The molecular weight excluding hydrogens is 419 g/mol. The monoisotopic (exact) mass is 430 g/mol. The number of carbonyl (C=O) groups is 3. The predicted molar refractivity (Wildman–Crippen MR) is 105 cm³/mol. The fourth-order valence-electron chi connectivity index (χ4n) is 2.96. The highest BCUT2D eigenvalue weighted by molar-refractivity contribution is 6.43. The minimum atomic E-state index is -0.610. The number of para-hydroxylation sites is 1. The number of hydrogen-bond donors (Lipinski definition) is 1. The van der Waals surface area contributed by atoms with Crippen molar-refractivity contribution in [3.05, 3.63) is 63.5 Å². The van der Waals surface area contributed by atoms with Crippen molar-refractivity contribution >= 4 is 46.6 Å². The van der Waals surface area contributed by atoms with Crippen LogP contribution in [0.5, 0.6) is 0 Å². The van der Waals surface area contributed by atoms with E-state index in [-0.39, 0.29) is 21.2 Å². The van der Waals surface area contributed by atoms with Gasteiger partial charge in [-0.3, -0.25) is 19.3 Å². The SMILES string of the molecule is Cc1nc(-c2ccccc2NC(=O)CN2C(=O)c3cc(Cl)c(Cl)cc3C2=O)no1. The number of aryl methyl sites for hydroxylation is 1. The van der Waals surface area contributed by atoms with Crippen LogP contribution in [0.25, 0.3) is 11.4 Å². The number of rotatable bonds is 4. The van der Waals surface area contributed by atoms with Crippen molar-refractivity contribution in [1.82, 2.24) is 15.0 Å². The van der Waals surface area contributed by atoms with Gasteiger partial charge in [0.1, 0.15) is 6.54 Å². The molecule has 1 aliphatic rings. The fourth-order valence-corrected chi connectivity index (χ4v) is 3.28. The van der Waals surface area contributed by atoms with Crippen LogP contribution in [0.4, 0.5) is 5.69 Å². The van der Waals surface area contributed by atoms with Crippen LogP contribution in [0.1, 0.15) is 26.6 Å². The molecule has 3 aromatic rings. The number of anilines is 1. The van der Waals surface area contributed by atoms with Crippen LogP contribution in [-0.4, -0.2) is 39.3 Å². The van der Waals surface area contributed by atoms with Gasteiger partial charge in [0.15, 0.2) is 0 Å². The second-order valence-corrected chi connectivity index (χ2v) is 7.05. The molecule has 0 saturated heterocycles. The molecule has 0 aliphatic carbocycles. The Balaban J connectivity index is 1.55. The summed E-state index contributed by atoms with van der Waals surface area (Å²) >= 11 is 11.9. The third-order valence-corrected chi connectivity index (χ3v) is 5.01.